The monoisotopic (exact) mass is 427 g/mol. The Hall–Kier alpha value is -3.29. The molecule has 0 saturated carbocycles. The predicted octanol–water partition coefficient (Wildman–Crippen LogP) is 2.77. The highest BCUT2D eigenvalue weighted by molar-refractivity contribution is 5.84. The van der Waals surface area contributed by atoms with Crippen LogP contribution in [-0.2, 0) is 25.6 Å². The smallest absolute Gasteiger partial charge is 0.341 e. The standard InChI is InChI=1S/C23H26FN3O4/c1-16(28)26-15-20(19-6-2-3-7-21(19)24)23(30)31-27-14-4-5-18(22(27)29)9-8-17-10-12-25-13-11-17/h2-3,6-7,10-13,18,20H,4-5,8-9,14-15H2,1H3,(H,26,28). The molecule has 1 aromatic carbocycles. The van der Waals surface area contributed by atoms with Gasteiger partial charge in [0.2, 0.25) is 5.91 Å². The van der Waals surface area contributed by atoms with Crippen molar-refractivity contribution in [1.82, 2.24) is 15.4 Å². The maximum atomic E-state index is 14.3. The van der Waals surface area contributed by atoms with Gasteiger partial charge < -0.3 is 10.2 Å². The Morgan fingerprint density at radius 1 is 1.26 bits per heavy atom. The quantitative estimate of drug-likeness (QED) is 0.700. The molecule has 2 atom stereocenters. The molecule has 8 heteroatoms. The van der Waals surface area contributed by atoms with Crippen molar-refractivity contribution >= 4 is 17.8 Å². The molecule has 0 spiro atoms. The molecule has 2 unspecified atom stereocenters. The fraction of sp³-hybridized carbons (Fsp3) is 0.391. The van der Waals surface area contributed by atoms with Crippen LogP contribution in [0.15, 0.2) is 48.8 Å². The van der Waals surface area contributed by atoms with E-state index < -0.39 is 17.7 Å². The predicted molar refractivity (Wildman–Crippen MR) is 111 cm³/mol. The summed E-state index contributed by atoms with van der Waals surface area (Å²) < 4.78 is 14.3. The van der Waals surface area contributed by atoms with Crippen molar-refractivity contribution < 1.29 is 23.6 Å². The lowest BCUT2D eigenvalue weighted by Gasteiger charge is -2.31. The number of piperidine rings is 1. The van der Waals surface area contributed by atoms with Crippen molar-refractivity contribution in [3.63, 3.8) is 0 Å². The average Bonchev–Trinajstić information content (AvgIpc) is 2.76. The van der Waals surface area contributed by atoms with E-state index in [1.54, 1.807) is 18.5 Å². The van der Waals surface area contributed by atoms with Gasteiger partial charge in [-0.2, -0.15) is 5.06 Å². The number of carbonyl (C=O) groups excluding carboxylic acids is 3. The van der Waals surface area contributed by atoms with E-state index in [4.69, 9.17) is 4.84 Å². The van der Waals surface area contributed by atoms with Gasteiger partial charge in [-0.25, -0.2) is 9.18 Å². The lowest BCUT2D eigenvalue weighted by Crippen LogP contribution is -2.44. The summed E-state index contributed by atoms with van der Waals surface area (Å²) in [6.45, 7) is 1.48. The first-order valence-electron chi connectivity index (χ1n) is 10.4. The molecule has 0 radical (unpaired) electrons. The normalized spacial score (nSPS) is 17.2. The Kier molecular flexibility index (Phi) is 7.70. The molecule has 0 aliphatic carbocycles. The highest BCUT2D eigenvalue weighted by Gasteiger charge is 2.34. The molecule has 2 amide bonds. The third-order valence-electron chi connectivity index (χ3n) is 5.36. The van der Waals surface area contributed by atoms with Gasteiger partial charge in [0.1, 0.15) is 11.7 Å². The van der Waals surface area contributed by atoms with E-state index in [1.165, 1.54) is 25.1 Å². The summed E-state index contributed by atoms with van der Waals surface area (Å²) in [7, 11) is 0. The summed E-state index contributed by atoms with van der Waals surface area (Å²) in [5, 5.41) is 3.62. The fourth-order valence-electron chi connectivity index (χ4n) is 3.66. The number of amides is 2. The van der Waals surface area contributed by atoms with Crippen molar-refractivity contribution in [3.05, 3.63) is 65.7 Å². The lowest BCUT2D eigenvalue weighted by molar-refractivity contribution is -0.206. The first-order chi connectivity index (χ1) is 15.0. The van der Waals surface area contributed by atoms with E-state index >= 15 is 0 Å². The van der Waals surface area contributed by atoms with Crippen LogP contribution >= 0.6 is 0 Å². The molecule has 0 bridgehead atoms. The first-order valence-corrected chi connectivity index (χ1v) is 10.4. The zero-order valence-corrected chi connectivity index (χ0v) is 17.4. The van der Waals surface area contributed by atoms with Crippen molar-refractivity contribution in [3.8, 4) is 0 Å². The third kappa shape index (κ3) is 6.10. The molecule has 1 fully saturated rings. The number of pyridine rings is 1. The molecule has 2 aromatic rings. The number of aromatic nitrogens is 1. The molecule has 3 rings (SSSR count). The van der Waals surface area contributed by atoms with Crippen molar-refractivity contribution in [1.29, 1.82) is 0 Å². The van der Waals surface area contributed by atoms with E-state index in [0.717, 1.165) is 23.5 Å². The van der Waals surface area contributed by atoms with Gasteiger partial charge in [-0.1, -0.05) is 18.2 Å². The van der Waals surface area contributed by atoms with Gasteiger partial charge in [-0.3, -0.25) is 14.6 Å². The number of nitrogens with zero attached hydrogens (tertiary/aromatic N) is 2. The summed E-state index contributed by atoms with van der Waals surface area (Å²) in [5.41, 5.74) is 1.20. The van der Waals surface area contributed by atoms with Gasteiger partial charge in [0, 0.05) is 37.3 Å². The summed E-state index contributed by atoms with van der Waals surface area (Å²) in [6, 6.07) is 9.65. The van der Waals surface area contributed by atoms with Gasteiger partial charge in [0.25, 0.3) is 5.91 Å². The second-order valence-corrected chi connectivity index (χ2v) is 7.60. The Morgan fingerprint density at radius 3 is 2.71 bits per heavy atom. The second kappa shape index (κ2) is 10.7. The highest BCUT2D eigenvalue weighted by atomic mass is 19.1. The maximum absolute atomic E-state index is 14.3. The van der Waals surface area contributed by atoms with E-state index in [1.807, 2.05) is 12.1 Å². The van der Waals surface area contributed by atoms with Crippen molar-refractivity contribution in [2.75, 3.05) is 13.1 Å². The Labute approximate surface area is 180 Å². The van der Waals surface area contributed by atoms with Crippen LogP contribution in [0.25, 0.3) is 0 Å². The number of carbonyl (C=O) groups is 3. The number of nitrogens with one attached hydrogen (secondary N) is 1. The van der Waals surface area contributed by atoms with Gasteiger partial charge >= 0.3 is 5.97 Å². The molecule has 31 heavy (non-hydrogen) atoms. The number of rotatable bonds is 8. The molecule has 1 aliphatic heterocycles. The first kappa shape index (κ1) is 22.4. The largest absolute Gasteiger partial charge is 0.355 e. The van der Waals surface area contributed by atoms with E-state index in [-0.39, 0.29) is 29.8 Å². The summed E-state index contributed by atoms with van der Waals surface area (Å²) in [5.74, 6) is -3.26. The number of benzene rings is 1. The van der Waals surface area contributed by atoms with E-state index in [9.17, 15) is 18.8 Å². The molecule has 1 aliphatic rings. The molecule has 1 N–H and O–H groups in total. The van der Waals surface area contributed by atoms with Crippen LogP contribution in [0.1, 0.15) is 43.2 Å². The molecular weight excluding hydrogens is 401 g/mol. The summed E-state index contributed by atoms with van der Waals surface area (Å²) >= 11 is 0. The van der Waals surface area contributed by atoms with Gasteiger partial charge in [0.15, 0.2) is 0 Å². The molecule has 1 aromatic heterocycles. The van der Waals surface area contributed by atoms with Crippen LogP contribution in [0.5, 0.6) is 0 Å². The summed E-state index contributed by atoms with van der Waals surface area (Å²) in [4.78, 5) is 46.5. The highest BCUT2D eigenvalue weighted by Crippen LogP contribution is 2.26. The molecular formula is C23H26FN3O4. The minimum atomic E-state index is -1.06. The van der Waals surface area contributed by atoms with Gasteiger partial charge in [-0.15, -0.1) is 0 Å². The van der Waals surface area contributed by atoms with Crippen LogP contribution in [-0.4, -0.2) is 40.9 Å². The van der Waals surface area contributed by atoms with Crippen LogP contribution in [0.3, 0.4) is 0 Å². The second-order valence-electron chi connectivity index (χ2n) is 7.60. The molecule has 164 valence electrons. The number of hydrogen-bond donors (Lipinski definition) is 1. The Bertz CT molecular complexity index is 922. The molecule has 2 heterocycles. The number of hydroxylamine groups is 2. The van der Waals surface area contributed by atoms with Gasteiger partial charge in [-0.05, 0) is 49.4 Å². The Balaban J connectivity index is 1.66. The molecule has 7 nitrogen and oxygen atoms in total. The molecule has 1 saturated heterocycles. The minimum Gasteiger partial charge on any atom is -0.355 e. The Morgan fingerprint density at radius 2 is 2.00 bits per heavy atom. The number of hydrogen-bond acceptors (Lipinski definition) is 5. The zero-order valence-electron chi connectivity index (χ0n) is 17.4. The average molecular weight is 427 g/mol. The van der Waals surface area contributed by atoms with Crippen LogP contribution in [0.4, 0.5) is 4.39 Å². The zero-order chi connectivity index (χ0) is 22.2. The van der Waals surface area contributed by atoms with E-state index in [0.29, 0.717) is 19.4 Å². The van der Waals surface area contributed by atoms with Crippen LogP contribution in [0, 0.1) is 11.7 Å². The van der Waals surface area contributed by atoms with Gasteiger partial charge in [0.05, 0.1) is 6.54 Å². The SMILES string of the molecule is CC(=O)NCC(C(=O)ON1CCCC(CCc2ccncc2)C1=O)c1ccccc1F. The minimum absolute atomic E-state index is 0.111. The van der Waals surface area contributed by atoms with Crippen molar-refractivity contribution in [2.45, 2.75) is 38.5 Å². The number of aryl methyl sites for hydroxylation is 1. The van der Waals surface area contributed by atoms with Crippen molar-refractivity contribution in [2.24, 2.45) is 5.92 Å². The topological polar surface area (TPSA) is 88.6 Å². The lowest BCUT2D eigenvalue weighted by atomic mass is 9.92. The van der Waals surface area contributed by atoms with Crippen LogP contribution < -0.4 is 5.32 Å². The maximum Gasteiger partial charge on any atom is 0.341 e. The third-order valence-corrected chi connectivity index (χ3v) is 5.36. The fourth-order valence-corrected chi connectivity index (χ4v) is 3.66. The number of halogens is 1. The van der Waals surface area contributed by atoms with Crippen LogP contribution in [0.2, 0.25) is 0 Å². The van der Waals surface area contributed by atoms with E-state index in [2.05, 4.69) is 10.3 Å². The summed E-state index contributed by atoms with van der Waals surface area (Å²) in [6.07, 6.45) is 6.21.